The molecule has 0 aromatic heterocycles. The van der Waals surface area contributed by atoms with Crippen molar-refractivity contribution in [1.29, 1.82) is 0 Å². The van der Waals surface area contributed by atoms with Crippen LogP contribution in [0.15, 0.2) is 18.2 Å². The number of hydrogen-bond donors (Lipinski definition) is 1. The molecule has 0 unspecified atom stereocenters. The third-order valence-corrected chi connectivity index (χ3v) is 1.24. The predicted octanol–water partition coefficient (Wildman–Crippen LogP) is 1.88. The molecule has 0 bridgehead atoms. The predicted molar refractivity (Wildman–Crippen MR) is 37.9 cm³/mol. The molecule has 0 amide bonds. The largest absolute Gasteiger partial charge is 0.573 e. The zero-order chi connectivity index (χ0) is 9.90. The molecule has 5 heteroatoms. The van der Waals surface area contributed by atoms with E-state index in [2.05, 4.69) is 10.8 Å². The van der Waals surface area contributed by atoms with E-state index in [0.717, 1.165) is 12.1 Å². The van der Waals surface area contributed by atoms with Gasteiger partial charge in [-0.1, -0.05) is 0 Å². The first-order chi connectivity index (χ1) is 6.01. The van der Waals surface area contributed by atoms with E-state index in [9.17, 15) is 13.2 Å². The van der Waals surface area contributed by atoms with Gasteiger partial charge < -0.3 is 9.84 Å². The van der Waals surface area contributed by atoms with Gasteiger partial charge in [0.25, 0.3) is 0 Å². The van der Waals surface area contributed by atoms with Gasteiger partial charge in [0, 0.05) is 0 Å². The van der Waals surface area contributed by atoms with Gasteiger partial charge in [0.05, 0.1) is 6.61 Å². The molecule has 0 saturated carbocycles. The fraction of sp³-hybridized carbons (Fsp3) is 0.250. The van der Waals surface area contributed by atoms with Crippen molar-refractivity contribution < 1.29 is 23.0 Å². The first kappa shape index (κ1) is 9.85. The number of aliphatic hydroxyl groups is 1. The third-order valence-electron chi connectivity index (χ3n) is 1.24. The molecule has 0 spiro atoms. The molecule has 0 saturated heterocycles. The second-order valence-electron chi connectivity index (χ2n) is 2.28. The van der Waals surface area contributed by atoms with Crippen LogP contribution in [0.2, 0.25) is 0 Å². The maximum absolute atomic E-state index is 11.7. The first-order valence-corrected chi connectivity index (χ1v) is 3.38. The molecular weight excluding hydrogens is 185 g/mol. The Bertz CT molecular complexity index is 283. The zero-order valence-corrected chi connectivity index (χ0v) is 6.43. The van der Waals surface area contributed by atoms with Crippen molar-refractivity contribution >= 4 is 0 Å². The van der Waals surface area contributed by atoms with E-state index in [1.807, 2.05) is 0 Å². The minimum atomic E-state index is -4.71. The number of alkyl halides is 3. The van der Waals surface area contributed by atoms with Crippen LogP contribution in [0, 0.1) is 6.07 Å². The lowest BCUT2D eigenvalue weighted by atomic mass is 10.2. The summed E-state index contributed by atoms with van der Waals surface area (Å²) in [5.74, 6) is -0.376. The third kappa shape index (κ3) is 3.33. The van der Waals surface area contributed by atoms with Crippen LogP contribution in [0.1, 0.15) is 5.56 Å². The van der Waals surface area contributed by atoms with E-state index in [-0.39, 0.29) is 12.4 Å². The monoisotopic (exact) mass is 191 g/mol. The van der Waals surface area contributed by atoms with Crippen LogP contribution in [-0.4, -0.2) is 11.5 Å². The summed E-state index contributed by atoms with van der Waals surface area (Å²) in [6.45, 7) is -0.342. The van der Waals surface area contributed by atoms with Gasteiger partial charge >= 0.3 is 6.36 Å². The van der Waals surface area contributed by atoms with Gasteiger partial charge in [0.2, 0.25) is 0 Å². The van der Waals surface area contributed by atoms with Crippen LogP contribution in [0.4, 0.5) is 13.2 Å². The molecule has 71 valence electrons. The van der Waals surface area contributed by atoms with E-state index in [0.29, 0.717) is 5.56 Å². The summed E-state index contributed by atoms with van der Waals surface area (Å²) in [5, 5.41) is 8.60. The lowest BCUT2D eigenvalue weighted by Gasteiger charge is -2.08. The van der Waals surface area contributed by atoms with Crippen molar-refractivity contribution in [3.63, 3.8) is 0 Å². The summed E-state index contributed by atoms with van der Waals surface area (Å²) in [6.07, 6.45) is -4.71. The first-order valence-electron chi connectivity index (χ1n) is 3.38. The fourth-order valence-electron chi connectivity index (χ4n) is 0.781. The molecule has 1 N–H and O–H groups in total. The van der Waals surface area contributed by atoms with Crippen LogP contribution in [0.3, 0.4) is 0 Å². The molecule has 0 aliphatic rings. The summed E-state index contributed by atoms with van der Waals surface area (Å²) < 4.78 is 38.6. The smallest absolute Gasteiger partial charge is 0.406 e. The lowest BCUT2D eigenvalue weighted by molar-refractivity contribution is -0.274. The highest BCUT2D eigenvalue weighted by Gasteiger charge is 2.31. The van der Waals surface area contributed by atoms with Gasteiger partial charge in [-0.3, -0.25) is 0 Å². The van der Waals surface area contributed by atoms with Gasteiger partial charge in [-0.15, -0.1) is 13.2 Å². The molecule has 0 fully saturated rings. The van der Waals surface area contributed by atoms with E-state index in [1.54, 1.807) is 0 Å². The Balaban J connectivity index is 2.78. The quantitative estimate of drug-likeness (QED) is 0.773. The summed E-state index contributed by atoms with van der Waals surface area (Å²) >= 11 is 0. The van der Waals surface area contributed by atoms with Gasteiger partial charge in [0.1, 0.15) is 5.75 Å². The number of halogens is 3. The molecule has 1 aromatic rings. The normalized spacial score (nSPS) is 11.4. The fourth-order valence-corrected chi connectivity index (χ4v) is 0.781. The zero-order valence-electron chi connectivity index (χ0n) is 6.43. The Morgan fingerprint density at radius 3 is 2.62 bits per heavy atom. The number of hydrogen-bond acceptors (Lipinski definition) is 2. The van der Waals surface area contributed by atoms with Crippen molar-refractivity contribution in [3.8, 4) is 5.75 Å². The Morgan fingerprint density at radius 1 is 1.38 bits per heavy atom. The topological polar surface area (TPSA) is 29.5 Å². The molecule has 1 radical (unpaired) electrons. The van der Waals surface area contributed by atoms with E-state index < -0.39 is 6.36 Å². The Hall–Kier alpha value is -1.23. The summed E-state index contributed by atoms with van der Waals surface area (Å²) in [6, 6.07) is 5.95. The number of rotatable bonds is 2. The summed E-state index contributed by atoms with van der Waals surface area (Å²) in [7, 11) is 0. The van der Waals surface area contributed by atoms with Crippen molar-refractivity contribution in [2.75, 3.05) is 0 Å². The maximum atomic E-state index is 11.7. The van der Waals surface area contributed by atoms with Crippen LogP contribution < -0.4 is 4.74 Å². The average molecular weight is 191 g/mol. The van der Waals surface area contributed by atoms with E-state index >= 15 is 0 Å². The lowest BCUT2D eigenvalue weighted by Crippen LogP contribution is -2.17. The minimum Gasteiger partial charge on any atom is -0.406 e. The van der Waals surface area contributed by atoms with Crippen molar-refractivity contribution in [2.24, 2.45) is 0 Å². The van der Waals surface area contributed by atoms with Crippen LogP contribution in [0.5, 0.6) is 5.75 Å². The molecule has 0 aliphatic carbocycles. The van der Waals surface area contributed by atoms with Gasteiger partial charge in [0.15, 0.2) is 0 Å². The average Bonchev–Trinajstić information content (AvgIpc) is 2.01. The second kappa shape index (κ2) is 3.66. The maximum Gasteiger partial charge on any atom is 0.573 e. The van der Waals surface area contributed by atoms with Gasteiger partial charge in [-0.25, -0.2) is 0 Å². The molecule has 13 heavy (non-hydrogen) atoms. The SMILES string of the molecule is OCc1c[c]cc(OC(F)(F)F)c1. The Morgan fingerprint density at radius 2 is 2.08 bits per heavy atom. The van der Waals surface area contributed by atoms with E-state index in [1.165, 1.54) is 6.07 Å². The van der Waals surface area contributed by atoms with Crippen LogP contribution >= 0.6 is 0 Å². The second-order valence-corrected chi connectivity index (χ2v) is 2.28. The minimum absolute atomic E-state index is 0.321. The number of benzene rings is 1. The van der Waals surface area contributed by atoms with Crippen molar-refractivity contribution in [2.45, 2.75) is 13.0 Å². The molecular formula is C8H6F3O2. The molecule has 1 rings (SSSR count). The molecule has 0 heterocycles. The highest BCUT2D eigenvalue weighted by atomic mass is 19.4. The van der Waals surface area contributed by atoms with Crippen molar-refractivity contribution in [3.05, 3.63) is 29.8 Å². The molecule has 0 atom stereocenters. The summed E-state index contributed by atoms with van der Waals surface area (Å²) in [5.41, 5.74) is 0.321. The van der Waals surface area contributed by atoms with Crippen LogP contribution in [-0.2, 0) is 6.61 Å². The highest BCUT2D eigenvalue weighted by Crippen LogP contribution is 2.22. The standard InChI is InChI=1S/C8H6F3O2/c9-8(10,11)13-7-3-1-2-6(4-7)5-12/h2-4,12H,5H2. The molecule has 0 aliphatic heterocycles. The Labute approximate surface area is 72.6 Å². The molecule has 2 nitrogen and oxygen atoms in total. The number of ether oxygens (including phenoxy) is 1. The summed E-state index contributed by atoms with van der Waals surface area (Å²) in [4.78, 5) is 0. The van der Waals surface area contributed by atoms with Gasteiger partial charge in [-0.05, 0) is 29.8 Å². The highest BCUT2D eigenvalue weighted by molar-refractivity contribution is 5.27. The van der Waals surface area contributed by atoms with Gasteiger partial charge in [-0.2, -0.15) is 0 Å². The molecule has 1 aromatic carbocycles. The van der Waals surface area contributed by atoms with Crippen molar-refractivity contribution in [1.82, 2.24) is 0 Å². The van der Waals surface area contributed by atoms with E-state index in [4.69, 9.17) is 5.11 Å². The van der Waals surface area contributed by atoms with Crippen LogP contribution in [0.25, 0.3) is 0 Å². The Kier molecular flexibility index (Phi) is 2.77. The number of aliphatic hydroxyl groups excluding tert-OH is 1.